The molecule has 0 saturated carbocycles. The van der Waals surface area contributed by atoms with Crippen molar-refractivity contribution in [3.05, 3.63) is 29.3 Å². The largest absolute Gasteiger partial charge is 0.466 e. The van der Waals surface area contributed by atoms with Gasteiger partial charge >= 0.3 is 5.97 Å². The second kappa shape index (κ2) is 8.18. The Hall–Kier alpha value is -2.06. The highest BCUT2D eigenvalue weighted by molar-refractivity contribution is 6.33. The van der Waals surface area contributed by atoms with Crippen LogP contribution in [0, 0.1) is 11.3 Å². The third-order valence-corrected chi connectivity index (χ3v) is 2.84. The smallest absolute Gasteiger partial charge is 0.306 e. The zero-order valence-corrected chi connectivity index (χ0v) is 11.9. The monoisotopic (exact) mass is 294 g/mol. The molecule has 6 heteroatoms. The lowest BCUT2D eigenvalue weighted by atomic mass is 10.2. The summed E-state index contributed by atoms with van der Waals surface area (Å²) in [5, 5.41) is 9.20. The number of nitriles is 1. The van der Waals surface area contributed by atoms with E-state index in [9.17, 15) is 9.59 Å². The van der Waals surface area contributed by atoms with Gasteiger partial charge in [0, 0.05) is 6.42 Å². The van der Waals surface area contributed by atoms with Crippen molar-refractivity contribution in [1.29, 1.82) is 5.26 Å². The highest BCUT2D eigenvalue weighted by atomic mass is 35.5. The summed E-state index contributed by atoms with van der Waals surface area (Å²) in [6.07, 6.45) is -0.0369. The average molecular weight is 295 g/mol. The van der Waals surface area contributed by atoms with Gasteiger partial charge in [-0.3, -0.25) is 14.5 Å². The molecule has 0 aliphatic carbocycles. The maximum absolute atomic E-state index is 12.1. The number of para-hydroxylation sites is 1. The van der Waals surface area contributed by atoms with Crippen LogP contribution >= 0.6 is 11.6 Å². The summed E-state index contributed by atoms with van der Waals surface area (Å²) in [7, 11) is 0. The fourth-order valence-corrected chi connectivity index (χ4v) is 1.86. The zero-order chi connectivity index (χ0) is 15.0. The number of anilines is 1. The number of esters is 1. The minimum atomic E-state index is -0.433. The molecule has 1 amide bonds. The van der Waals surface area contributed by atoms with Gasteiger partial charge in [-0.05, 0) is 19.1 Å². The molecule has 0 aliphatic rings. The van der Waals surface area contributed by atoms with E-state index < -0.39 is 5.97 Å². The third kappa shape index (κ3) is 4.56. The lowest BCUT2D eigenvalue weighted by Crippen LogP contribution is -2.31. The number of ether oxygens (including phenoxy) is 1. The van der Waals surface area contributed by atoms with E-state index in [0.717, 1.165) is 0 Å². The van der Waals surface area contributed by atoms with Gasteiger partial charge in [0.05, 0.1) is 29.8 Å². The molecule has 0 atom stereocenters. The molecule has 0 N–H and O–H groups in total. The van der Waals surface area contributed by atoms with Crippen molar-refractivity contribution < 1.29 is 14.3 Å². The maximum Gasteiger partial charge on any atom is 0.306 e. The predicted octanol–water partition coefficient (Wildman–Crippen LogP) is 2.54. The number of benzene rings is 1. The van der Waals surface area contributed by atoms with Gasteiger partial charge in [-0.2, -0.15) is 5.26 Å². The summed E-state index contributed by atoms with van der Waals surface area (Å²) in [5.41, 5.74) is 0.463. The molecule has 0 radical (unpaired) electrons. The number of nitrogens with zero attached hydrogens (tertiary/aromatic N) is 2. The third-order valence-electron chi connectivity index (χ3n) is 2.52. The minimum Gasteiger partial charge on any atom is -0.466 e. The van der Waals surface area contributed by atoms with Gasteiger partial charge in [-0.15, -0.1) is 0 Å². The summed E-state index contributed by atoms with van der Waals surface area (Å²) >= 11 is 6.02. The first-order valence-corrected chi connectivity index (χ1v) is 6.55. The van der Waals surface area contributed by atoms with Crippen molar-refractivity contribution in [2.75, 3.05) is 18.1 Å². The molecule has 1 aromatic carbocycles. The van der Waals surface area contributed by atoms with Crippen LogP contribution in [-0.4, -0.2) is 25.0 Å². The molecule has 1 aromatic rings. The topological polar surface area (TPSA) is 70.4 Å². The Labute approximate surface area is 122 Å². The van der Waals surface area contributed by atoms with E-state index in [0.29, 0.717) is 10.7 Å². The normalized spacial score (nSPS) is 9.65. The number of carbonyl (C=O) groups is 2. The number of rotatable bonds is 6. The van der Waals surface area contributed by atoms with Gasteiger partial charge in [-0.1, -0.05) is 23.7 Å². The molecular weight excluding hydrogens is 280 g/mol. The molecule has 5 nitrogen and oxygen atoms in total. The van der Waals surface area contributed by atoms with Crippen molar-refractivity contribution in [3.63, 3.8) is 0 Å². The second-order valence-corrected chi connectivity index (χ2v) is 4.30. The fraction of sp³-hybridized carbons (Fsp3) is 0.357. The van der Waals surface area contributed by atoms with Crippen molar-refractivity contribution >= 4 is 29.2 Å². The van der Waals surface area contributed by atoms with Gasteiger partial charge in [0.1, 0.15) is 6.54 Å². The SMILES string of the molecule is CCOC(=O)CCC(=O)N(CC#N)c1ccccc1Cl. The highest BCUT2D eigenvalue weighted by Gasteiger charge is 2.18. The second-order valence-electron chi connectivity index (χ2n) is 3.89. The Morgan fingerprint density at radius 3 is 2.65 bits per heavy atom. The quantitative estimate of drug-likeness (QED) is 0.597. The van der Waals surface area contributed by atoms with Gasteiger partial charge in [-0.25, -0.2) is 0 Å². The standard InChI is InChI=1S/C14H15ClN2O3/c1-2-20-14(19)8-7-13(18)17(10-9-16)12-6-4-3-5-11(12)15/h3-6H,2,7-8,10H2,1H3. The first-order chi connectivity index (χ1) is 9.60. The molecule has 0 spiro atoms. The van der Waals surface area contributed by atoms with Crippen LogP contribution in [0.25, 0.3) is 0 Å². The van der Waals surface area contributed by atoms with E-state index in [4.69, 9.17) is 21.6 Å². The first kappa shape index (κ1) is 16.0. The molecule has 1 rings (SSSR count). The molecule has 0 aromatic heterocycles. The number of halogens is 1. The predicted molar refractivity (Wildman–Crippen MR) is 75.3 cm³/mol. The molecule has 0 aliphatic heterocycles. The van der Waals surface area contributed by atoms with Gasteiger partial charge in [0.25, 0.3) is 0 Å². The number of hydrogen-bond acceptors (Lipinski definition) is 4. The van der Waals surface area contributed by atoms with Crippen molar-refractivity contribution in [2.45, 2.75) is 19.8 Å². The highest BCUT2D eigenvalue weighted by Crippen LogP contribution is 2.25. The lowest BCUT2D eigenvalue weighted by molar-refractivity contribution is -0.144. The molecule has 20 heavy (non-hydrogen) atoms. The van der Waals surface area contributed by atoms with E-state index in [2.05, 4.69) is 0 Å². The Bertz CT molecular complexity index is 525. The van der Waals surface area contributed by atoms with Gasteiger partial charge < -0.3 is 4.74 Å². The van der Waals surface area contributed by atoms with Crippen molar-refractivity contribution in [2.24, 2.45) is 0 Å². The Balaban J connectivity index is 2.77. The van der Waals surface area contributed by atoms with Crippen LogP contribution in [0.2, 0.25) is 5.02 Å². The summed E-state index contributed by atoms with van der Waals surface area (Å²) < 4.78 is 4.76. The van der Waals surface area contributed by atoms with Gasteiger partial charge in [0.2, 0.25) is 5.91 Å². The van der Waals surface area contributed by atoms with Gasteiger partial charge in [0.15, 0.2) is 0 Å². The van der Waals surface area contributed by atoms with Crippen LogP contribution in [0.4, 0.5) is 5.69 Å². The van der Waals surface area contributed by atoms with Crippen LogP contribution in [0.5, 0.6) is 0 Å². The number of carbonyl (C=O) groups excluding carboxylic acids is 2. The number of hydrogen-bond donors (Lipinski definition) is 0. The Kier molecular flexibility index (Phi) is 6.54. The average Bonchev–Trinajstić information content (AvgIpc) is 2.43. The summed E-state index contributed by atoms with van der Waals surface area (Å²) in [6, 6.07) is 8.67. The summed E-state index contributed by atoms with van der Waals surface area (Å²) in [5.74, 6) is -0.774. The van der Waals surface area contributed by atoms with Crippen molar-refractivity contribution in [1.82, 2.24) is 0 Å². The van der Waals surface area contributed by atoms with E-state index in [1.807, 2.05) is 6.07 Å². The maximum atomic E-state index is 12.1. The Morgan fingerprint density at radius 2 is 2.05 bits per heavy atom. The Morgan fingerprint density at radius 1 is 1.35 bits per heavy atom. The summed E-state index contributed by atoms with van der Waals surface area (Å²) in [6.45, 7) is 1.86. The molecule has 0 heterocycles. The summed E-state index contributed by atoms with van der Waals surface area (Å²) in [4.78, 5) is 24.6. The zero-order valence-electron chi connectivity index (χ0n) is 11.1. The van der Waals surface area contributed by atoms with E-state index in [1.165, 1.54) is 4.90 Å². The van der Waals surface area contributed by atoms with E-state index >= 15 is 0 Å². The van der Waals surface area contributed by atoms with Crippen LogP contribution in [0.15, 0.2) is 24.3 Å². The van der Waals surface area contributed by atoms with Crippen LogP contribution in [0.3, 0.4) is 0 Å². The first-order valence-electron chi connectivity index (χ1n) is 6.17. The molecule has 0 saturated heterocycles. The molecular formula is C14H15ClN2O3. The lowest BCUT2D eigenvalue weighted by Gasteiger charge is -2.20. The van der Waals surface area contributed by atoms with Crippen LogP contribution in [0.1, 0.15) is 19.8 Å². The molecule has 106 valence electrons. The van der Waals surface area contributed by atoms with Crippen LogP contribution < -0.4 is 4.90 Å². The fourth-order valence-electron chi connectivity index (χ4n) is 1.63. The minimum absolute atomic E-state index is 0.0148. The van der Waals surface area contributed by atoms with Crippen LogP contribution in [-0.2, 0) is 14.3 Å². The van der Waals surface area contributed by atoms with Crippen molar-refractivity contribution in [3.8, 4) is 6.07 Å². The molecule has 0 bridgehead atoms. The number of amides is 1. The van der Waals surface area contributed by atoms with E-state index in [1.54, 1.807) is 31.2 Å². The van der Waals surface area contributed by atoms with E-state index in [-0.39, 0.29) is 31.9 Å². The molecule has 0 fully saturated rings. The molecule has 0 unspecified atom stereocenters.